The van der Waals surface area contributed by atoms with Crippen LogP contribution in [0, 0.1) is 0 Å². The van der Waals surface area contributed by atoms with E-state index in [1.54, 1.807) is 17.0 Å². The summed E-state index contributed by atoms with van der Waals surface area (Å²) in [5, 5.41) is 7.45. The number of nitrogens with zero attached hydrogens (tertiary/aromatic N) is 2. The van der Waals surface area contributed by atoms with Gasteiger partial charge in [-0.1, -0.05) is 29.8 Å². The zero-order valence-corrected chi connectivity index (χ0v) is 16.1. The predicted molar refractivity (Wildman–Crippen MR) is 112 cm³/mol. The van der Waals surface area contributed by atoms with Crippen molar-refractivity contribution in [3.05, 3.63) is 59.8 Å². The summed E-state index contributed by atoms with van der Waals surface area (Å²) in [4.78, 5) is 26.8. The van der Waals surface area contributed by atoms with Gasteiger partial charge in [-0.05, 0) is 48.6 Å². The number of benzene rings is 2. The third-order valence-electron chi connectivity index (χ3n) is 4.89. The van der Waals surface area contributed by atoms with E-state index in [9.17, 15) is 9.59 Å². The van der Waals surface area contributed by atoms with Crippen molar-refractivity contribution in [2.75, 3.05) is 23.7 Å². The summed E-state index contributed by atoms with van der Waals surface area (Å²) in [5.41, 5.74) is 2.07. The van der Waals surface area contributed by atoms with Gasteiger partial charge in [-0.3, -0.25) is 4.79 Å². The minimum atomic E-state index is -0.180. The zero-order chi connectivity index (χ0) is 19.5. The molecule has 1 aliphatic rings. The fourth-order valence-electron chi connectivity index (χ4n) is 3.45. The number of urea groups is 1. The SMILES string of the molecule is O=C(Cn1ccc2ccc(Cl)cc21)Nc1ccccc1NC(=O)N1CCCC1. The van der Waals surface area contributed by atoms with E-state index >= 15 is 0 Å². The van der Waals surface area contributed by atoms with Gasteiger partial charge in [0.2, 0.25) is 5.91 Å². The highest BCUT2D eigenvalue weighted by Crippen LogP contribution is 2.23. The van der Waals surface area contributed by atoms with Crippen molar-refractivity contribution in [3.63, 3.8) is 0 Å². The van der Waals surface area contributed by atoms with E-state index in [1.165, 1.54) is 0 Å². The van der Waals surface area contributed by atoms with Crippen LogP contribution in [0.5, 0.6) is 0 Å². The van der Waals surface area contributed by atoms with Crippen LogP contribution in [-0.4, -0.2) is 34.5 Å². The number of fused-ring (bicyclic) bond motifs is 1. The van der Waals surface area contributed by atoms with Crippen LogP contribution in [0.2, 0.25) is 5.02 Å². The van der Waals surface area contributed by atoms with E-state index in [4.69, 9.17) is 11.6 Å². The van der Waals surface area contributed by atoms with Crippen molar-refractivity contribution in [1.29, 1.82) is 0 Å². The fraction of sp³-hybridized carbons (Fsp3) is 0.238. The molecule has 0 spiro atoms. The number of carbonyl (C=O) groups is 2. The minimum absolute atomic E-state index is 0.134. The molecule has 1 fully saturated rings. The first-order valence-corrected chi connectivity index (χ1v) is 9.67. The number of carbonyl (C=O) groups excluding carboxylic acids is 2. The van der Waals surface area contributed by atoms with Crippen LogP contribution in [0.1, 0.15) is 12.8 Å². The number of aromatic nitrogens is 1. The Labute approximate surface area is 168 Å². The van der Waals surface area contributed by atoms with Crippen LogP contribution < -0.4 is 10.6 Å². The maximum Gasteiger partial charge on any atom is 0.321 e. The van der Waals surface area contributed by atoms with Crippen molar-refractivity contribution in [1.82, 2.24) is 9.47 Å². The molecule has 3 aromatic rings. The molecule has 0 bridgehead atoms. The summed E-state index contributed by atoms with van der Waals surface area (Å²) < 4.78 is 1.85. The Balaban J connectivity index is 1.47. The van der Waals surface area contributed by atoms with Crippen LogP contribution in [0.4, 0.5) is 16.2 Å². The summed E-state index contributed by atoms with van der Waals surface area (Å²) in [6.45, 7) is 1.69. The smallest absolute Gasteiger partial charge is 0.321 e. The molecule has 4 rings (SSSR count). The van der Waals surface area contributed by atoms with Crippen LogP contribution >= 0.6 is 11.6 Å². The van der Waals surface area contributed by atoms with Gasteiger partial charge in [-0.15, -0.1) is 0 Å². The molecular formula is C21H21ClN4O2. The van der Waals surface area contributed by atoms with E-state index in [0.29, 0.717) is 16.4 Å². The number of amides is 3. The lowest BCUT2D eigenvalue weighted by Crippen LogP contribution is -2.32. The molecular weight excluding hydrogens is 376 g/mol. The summed E-state index contributed by atoms with van der Waals surface area (Å²) in [5.74, 6) is -0.180. The monoisotopic (exact) mass is 396 g/mol. The first kappa shape index (κ1) is 18.4. The summed E-state index contributed by atoms with van der Waals surface area (Å²) in [7, 11) is 0. The van der Waals surface area contributed by atoms with E-state index in [0.717, 1.165) is 36.8 Å². The van der Waals surface area contributed by atoms with Gasteiger partial charge in [0.15, 0.2) is 0 Å². The number of hydrogen-bond acceptors (Lipinski definition) is 2. The van der Waals surface area contributed by atoms with Gasteiger partial charge in [0.1, 0.15) is 6.54 Å². The molecule has 0 atom stereocenters. The third-order valence-corrected chi connectivity index (χ3v) is 5.12. The maximum atomic E-state index is 12.6. The van der Waals surface area contributed by atoms with Crippen molar-refractivity contribution in [2.45, 2.75) is 19.4 Å². The van der Waals surface area contributed by atoms with Gasteiger partial charge in [-0.25, -0.2) is 4.79 Å². The molecule has 0 saturated carbocycles. The molecule has 2 N–H and O–H groups in total. The molecule has 2 aromatic carbocycles. The molecule has 2 heterocycles. The number of hydrogen-bond donors (Lipinski definition) is 2. The number of halogens is 1. The van der Waals surface area contributed by atoms with Crippen LogP contribution in [0.15, 0.2) is 54.7 Å². The number of likely N-dealkylation sites (tertiary alicyclic amines) is 1. The molecule has 1 saturated heterocycles. The van der Waals surface area contributed by atoms with Gasteiger partial charge >= 0.3 is 6.03 Å². The minimum Gasteiger partial charge on any atom is -0.338 e. The molecule has 28 heavy (non-hydrogen) atoms. The standard InChI is InChI=1S/C21H21ClN4O2/c22-16-8-7-15-9-12-26(19(15)13-16)14-20(27)23-17-5-1-2-6-18(17)24-21(28)25-10-3-4-11-25/h1-2,5-9,12-13H,3-4,10-11,14H2,(H,23,27)(H,24,28). The number of rotatable bonds is 4. The zero-order valence-electron chi connectivity index (χ0n) is 15.3. The molecule has 0 unspecified atom stereocenters. The summed E-state index contributed by atoms with van der Waals surface area (Å²) >= 11 is 6.08. The van der Waals surface area contributed by atoms with Crippen molar-refractivity contribution in [2.24, 2.45) is 0 Å². The first-order valence-electron chi connectivity index (χ1n) is 9.29. The molecule has 7 heteroatoms. The highest BCUT2D eigenvalue weighted by Gasteiger charge is 2.19. The molecule has 0 radical (unpaired) electrons. The van der Waals surface area contributed by atoms with Crippen molar-refractivity contribution >= 4 is 45.8 Å². The average molecular weight is 397 g/mol. The van der Waals surface area contributed by atoms with Crippen LogP contribution in [0.3, 0.4) is 0 Å². The second-order valence-corrected chi connectivity index (χ2v) is 7.30. The van der Waals surface area contributed by atoms with Gasteiger partial charge < -0.3 is 20.1 Å². The molecule has 144 valence electrons. The number of nitrogens with one attached hydrogen (secondary N) is 2. The van der Waals surface area contributed by atoms with Gasteiger partial charge in [0, 0.05) is 29.8 Å². The second kappa shape index (κ2) is 7.94. The lowest BCUT2D eigenvalue weighted by molar-refractivity contribution is -0.116. The lowest BCUT2D eigenvalue weighted by atomic mass is 10.2. The molecule has 3 amide bonds. The largest absolute Gasteiger partial charge is 0.338 e. The fourth-order valence-corrected chi connectivity index (χ4v) is 3.62. The molecule has 1 aliphatic heterocycles. The third kappa shape index (κ3) is 3.97. The highest BCUT2D eigenvalue weighted by atomic mass is 35.5. The second-order valence-electron chi connectivity index (χ2n) is 6.86. The quantitative estimate of drug-likeness (QED) is 0.678. The number of anilines is 2. The summed E-state index contributed by atoms with van der Waals surface area (Å²) in [6.07, 6.45) is 3.92. The molecule has 0 aliphatic carbocycles. The van der Waals surface area contributed by atoms with Gasteiger partial charge in [0.25, 0.3) is 0 Å². The molecule has 1 aromatic heterocycles. The highest BCUT2D eigenvalue weighted by molar-refractivity contribution is 6.31. The Morgan fingerprint density at radius 1 is 0.964 bits per heavy atom. The van der Waals surface area contributed by atoms with Gasteiger partial charge in [0.05, 0.1) is 11.4 Å². The van der Waals surface area contributed by atoms with E-state index in [-0.39, 0.29) is 18.5 Å². The van der Waals surface area contributed by atoms with Crippen molar-refractivity contribution in [3.8, 4) is 0 Å². The topological polar surface area (TPSA) is 66.4 Å². The Kier molecular flexibility index (Phi) is 5.21. The molecule has 6 nitrogen and oxygen atoms in total. The normalized spacial score (nSPS) is 13.7. The Morgan fingerprint density at radius 3 is 2.43 bits per heavy atom. The summed E-state index contributed by atoms with van der Waals surface area (Å²) in [6, 6.07) is 14.6. The van der Waals surface area contributed by atoms with E-state index in [1.807, 2.05) is 47.2 Å². The maximum absolute atomic E-state index is 12.6. The Bertz CT molecular complexity index is 1020. The average Bonchev–Trinajstić information content (AvgIpc) is 3.34. The Morgan fingerprint density at radius 2 is 1.68 bits per heavy atom. The lowest BCUT2D eigenvalue weighted by Gasteiger charge is -2.18. The predicted octanol–water partition coefficient (Wildman–Crippen LogP) is 4.56. The van der Waals surface area contributed by atoms with Crippen LogP contribution in [0.25, 0.3) is 10.9 Å². The van der Waals surface area contributed by atoms with E-state index < -0.39 is 0 Å². The van der Waals surface area contributed by atoms with Gasteiger partial charge in [-0.2, -0.15) is 0 Å². The number of para-hydroxylation sites is 2. The van der Waals surface area contributed by atoms with Crippen LogP contribution in [-0.2, 0) is 11.3 Å². The van der Waals surface area contributed by atoms with E-state index in [2.05, 4.69) is 10.6 Å². The first-order chi connectivity index (χ1) is 13.6. The van der Waals surface area contributed by atoms with Crippen molar-refractivity contribution < 1.29 is 9.59 Å². The Hall–Kier alpha value is -2.99.